The molecule has 0 atom stereocenters. The minimum Gasteiger partial charge on any atom is -0.497 e. The lowest BCUT2D eigenvalue weighted by atomic mass is 10.2. The lowest BCUT2D eigenvalue weighted by molar-refractivity contribution is -0.0504. The number of aromatic nitrogens is 1. The van der Waals surface area contributed by atoms with Crippen molar-refractivity contribution in [2.24, 2.45) is 4.99 Å². The largest absolute Gasteiger partial charge is 0.497 e. The van der Waals surface area contributed by atoms with Crippen LogP contribution < -0.4 is 20.1 Å². The molecule has 1 aromatic heterocycles. The van der Waals surface area contributed by atoms with Crippen molar-refractivity contribution in [2.45, 2.75) is 40.0 Å². The number of thiazole rings is 1. The molecule has 0 aliphatic heterocycles. The number of ether oxygens (including phenoxy) is 2. The van der Waals surface area contributed by atoms with E-state index in [4.69, 9.17) is 4.74 Å². The number of alkyl halides is 2. The van der Waals surface area contributed by atoms with E-state index in [0.717, 1.165) is 17.1 Å². The standard InChI is InChI=1S/C18H24F2N4O2S/c1-4-16-24-13(11-27-16)10-23-18(21-5-2)22-9-12-8-14(25-3)6-7-15(12)26-17(19)20/h6-8,11,17H,4-5,9-10H2,1-3H3,(H2,21,22,23). The lowest BCUT2D eigenvalue weighted by Gasteiger charge is -2.13. The van der Waals surface area contributed by atoms with E-state index in [2.05, 4.69) is 32.3 Å². The van der Waals surface area contributed by atoms with Gasteiger partial charge in [-0.15, -0.1) is 11.3 Å². The van der Waals surface area contributed by atoms with Crippen molar-refractivity contribution in [1.82, 2.24) is 15.6 Å². The van der Waals surface area contributed by atoms with Crippen LogP contribution in [-0.4, -0.2) is 31.2 Å². The summed E-state index contributed by atoms with van der Waals surface area (Å²) in [6.07, 6.45) is 0.904. The Labute approximate surface area is 161 Å². The van der Waals surface area contributed by atoms with Crippen LogP contribution in [0.3, 0.4) is 0 Å². The summed E-state index contributed by atoms with van der Waals surface area (Å²) in [5, 5.41) is 9.41. The number of aryl methyl sites for hydroxylation is 1. The van der Waals surface area contributed by atoms with Gasteiger partial charge in [-0.05, 0) is 31.5 Å². The zero-order chi connectivity index (χ0) is 19.6. The molecule has 0 unspecified atom stereocenters. The van der Waals surface area contributed by atoms with Crippen LogP contribution in [0.25, 0.3) is 0 Å². The minimum atomic E-state index is -2.90. The minimum absolute atomic E-state index is 0.0810. The van der Waals surface area contributed by atoms with E-state index < -0.39 is 6.61 Å². The number of guanidine groups is 1. The molecule has 2 rings (SSSR count). The molecule has 0 bridgehead atoms. The van der Waals surface area contributed by atoms with E-state index in [1.54, 1.807) is 23.5 Å². The van der Waals surface area contributed by atoms with Crippen LogP contribution >= 0.6 is 11.3 Å². The molecule has 27 heavy (non-hydrogen) atoms. The molecule has 0 saturated carbocycles. The molecular formula is C18H24F2N4O2S. The molecule has 0 aliphatic rings. The van der Waals surface area contributed by atoms with Crippen LogP contribution in [-0.2, 0) is 19.5 Å². The Morgan fingerprint density at radius 1 is 1.30 bits per heavy atom. The number of methoxy groups -OCH3 is 1. The van der Waals surface area contributed by atoms with Crippen LogP contribution in [0.4, 0.5) is 8.78 Å². The SMILES string of the molecule is CCNC(=NCc1cc(OC)ccc1OC(F)F)NCc1csc(CC)n1. The molecule has 0 spiro atoms. The highest BCUT2D eigenvalue weighted by Crippen LogP contribution is 2.26. The van der Waals surface area contributed by atoms with Crippen LogP contribution in [0.15, 0.2) is 28.6 Å². The highest BCUT2D eigenvalue weighted by atomic mass is 32.1. The van der Waals surface area contributed by atoms with E-state index in [9.17, 15) is 8.78 Å². The van der Waals surface area contributed by atoms with Crippen molar-refractivity contribution < 1.29 is 18.3 Å². The number of aliphatic imine (C=N–C) groups is 1. The van der Waals surface area contributed by atoms with Gasteiger partial charge in [0.2, 0.25) is 0 Å². The van der Waals surface area contributed by atoms with Gasteiger partial charge < -0.3 is 20.1 Å². The Morgan fingerprint density at radius 3 is 2.74 bits per heavy atom. The molecule has 0 aliphatic carbocycles. The zero-order valence-corrected chi connectivity index (χ0v) is 16.4. The highest BCUT2D eigenvalue weighted by Gasteiger charge is 2.11. The second-order valence-corrected chi connectivity index (χ2v) is 6.43. The maximum Gasteiger partial charge on any atom is 0.387 e. The second-order valence-electron chi connectivity index (χ2n) is 5.49. The first kappa shape index (κ1) is 20.9. The van der Waals surface area contributed by atoms with Crippen molar-refractivity contribution in [1.29, 1.82) is 0 Å². The van der Waals surface area contributed by atoms with E-state index in [1.165, 1.54) is 13.2 Å². The first-order valence-corrected chi connectivity index (χ1v) is 9.50. The molecule has 0 amide bonds. The van der Waals surface area contributed by atoms with Gasteiger partial charge in [0.15, 0.2) is 5.96 Å². The normalized spacial score (nSPS) is 11.6. The molecule has 148 valence electrons. The quantitative estimate of drug-likeness (QED) is 0.499. The van der Waals surface area contributed by atoms with Gasteiger partial charge in [0.05, 0.1) is 30.9 Å². The van der Waals surface area contributed by atoms with Crippen LogP contribution in [0, 0.1) is 0 Å². The van der Waals surface area contributed by atoms with E-state index >= 15 is 0 Å². The Bertz CT molecular complexity index is 753. The van der Waals surface area contributed by atoms with E-state index in [1.807, 2.05) is 12.3 Å². The van der Waals surface area contributed by atoms with Gasteiger partial charge in [-0.3, -0.25) is 0 Å². The van der Waals surface area contributed by atoms with Gasteiger partial charge in [0.1, 0.15) is 11.5 Å². The monoisotopic (exact) mass is 398 g/mol. The number of rotatable bonds is 9. The first-order valence-electron chi connectivity index (χ1n) is 8.62. The van der Waals surface area contributed by atoms with Gasteiger partial charge in [0, 0.05) is 17.5 Å². The van der Waals surface area contributed by atoms with E-state index in [-0.39, 0.29) is 12.3 Å². The third-order valence-electron chi connectivity index (χ3n) is 3.57. The van der Waals surface area contributed by atoms with Gasteiger partial charge in [0.25, 0.3) is 0 Å². The summed E-state index contributed by atoms with van der Waals surface area (Å²) in [5.74, 6) is 1.20. The molecule has 1 aromatic carbocycles. The van der Waals surface area contributed by atoms with Crippen molar-refractivity contribution in [3.8, 4) is 11.5 Å². The predicted octanol–water partition coefficient (Wildman–Crippen LogP) is 3.57. The Hall–Kier alpha value is -2.42. The van der Waals surface area contributed by atoms with Gasteiger partial charge in [-0.2, -0.15) is 8.78 Å². The summed E-state index contributed by atoms with van der Waals surface area (Å²) in [7, 11) is 1.51. The number of hydrogen-bond donors (Lipinski definition) is 2. The predicted molar refractivity (Wildman–Crippen MR) is 103 cm³/mol. The van der Waals surface area contributed by atoms with Crippen molar-refractivity contribution in [3.63, 3.8) is 0 Å². The molecule has 6 nitrogen and oxygen atoms in total. The molecule has 0 radical (unpaired) electrons. The van der Waals surface area contributed by atoms with Crippen LogP contribution in [0.1, 0.15) is 30.1 Å². The smallest absolute Gasteiger partial charge is 0.387 e. The van der Waals surface area contributed by atoms with E-state index in [0.29, 0.717) is 30.4 Å². The third kappa shape index (κ3) is 6.67. The molecule has 2 aromatic rings. The molecule has 9 heteroatoms. The molecule has 1 heterocycles. The van der Waals surface area contributed by atoms with Gasteiger partial charge in [-0.1, -0.05) is 6.92 Å². The summed E-state index contributed by atoms with van der Waals surface area (Å²) in [6.45, 7) is 2.47. The van der Waals surface area contributed by atoms with Crippen molar-refractivity contribution in [3.05, 3.63) is 39.8 Å². The summed E-state index contributed by atoms with van der Waals surface area (Å²) >= 11 is 1.62. The maximum atomic E-state index is 12.6. The summed E-state index contributed by atoms with van der Waals surface area (Å²) in [6, 6.07) is 4.67. The van der Waals surface area contributed by atoms with Gasteiger partial charge in [-0.25, -0.2) is 9.98 Å². The summed E-state index contributed by atoms with van der Waals surface area (Å²) < 4.78 is 35.0. The Kier molecular flexibility index (Phi) is 8.25. The summed E-state index contributed by atoms with van der Waals surface area (Å²) in [4.78, 5) is 8.96. The number of benzene rings is 1. The molecule has 0 fully saturated rings. The topological polar surface area (TPSA) is 67.8 Å². The fourth-order valence-electron chi connectivity index (χ4n) is 2.29. The highest BCUT2D eigenvalue weighted by molar-refractivity contribution is 7.09. The molecular weight excluding hydrogens is 374 g/mol. The zero-order valence-electron chi connectivity index (χ0n) is 15.6. The number of nitrogens with one attached hydrogen (secondary N) is 2. The van der Waals surface area contributed by atoms with Crippen molar-refractivity contribution >= 4 is 17.3 Å². The number of halogens is 2. The fourth-order valence-corrected chi connectivity index (χ4v) is 3.03. The van der Waals surface area contributed by atoms with Crippen LogP contribution in [0.2, 0.25) is 0 Å². The van der Waals surface area contributed by atoms with Crippen molar-refractivity contribution in [2.75, 3.05) is 13.7 Å². The molecule has 2 N–H and O–H groups in total. The number of hydrogen-bond acceptors (Lipinski definition) is 5. The van der Waals surface area contributed by atoms with Gasteiger partial charge >= 0.3 is 6.61 Å². The average Bonchev–Trinajstić information content (AvgIpc) is 3.12. The first-order chi connectivity index (χ1) is 13.0. The second kappa shape index (κ2) is 10.7. The third-order valence-corrected chi connectivity index (χ3v) is 4.62. The van der Waals surface area contributed by atoms with Crippen LogP contribution in [0.5, 0.6) is 11.5 Å². The number of nitrogens with zero attached hydrogens (tertiary/aromatic N) is 2. The Balaban J connectivity index is 2.10. The fraction of sp³-hybridized carbons (Fsp3) is 0.444. The molecule has 0 saturated heterocycles. The maximum absolute atomic E-state index is 12.6. The average molecular weight is 398 g/mol. The lowest BCUT2D eigenvalue weighted by Crippen LogP contribution is -2.36. The Morgan fingerprint density at radius 2 is 2.11 bits per heavy atom. The summed E-state index contributed by atoms with van der Waals surface area (Å²) in [5.41, 5.74) is 1.44.